The molecule has 4 N–H and O–H groups in total. The highest BCUT2D eigenvalue weighted by Crippen LogP contribution is 2.25. The third-order valence-corrected chi connectivity index (χ3v) is 5.06. The lowest BCUT2D eigenvalue weighted by atomic mass is 9.92. The van der Waals surface area contributed by atoms with Crippen LogP contribution in [0.25, 0.3) is 11.0 Å². The Hall–Kier alpha value is -2.32. The highest BCUT2D eigenvalue weighted by molar-refractivity contribution is 9.10. The van der Waals surface area contributed by atoms with E-state index in [2.05, 4.69) is 46.5 Å². The van der Waals surface area contributed by atoms with E-state index in [-0.39, 0.29) is 0 Å². The molecule has 3 aromatic rings. The lowest BCUT2D eigenvalue weighted by Crippen LogP contribution is -2.33. The van der Waals surface area contributed by atoms with Crippen molar-refractivity contribution in [3.8, 4) is 0 Å². The standard InChI is InChI=1S/C18H20BrN7/c19-11-2-1-3-14(8-11)24-17-16-15(22-10-23-17)9-21-18(26-16)25-13-6-4-12(20)5-7-13/h1-3,8-10,12-13H,4-7,20H2,(H,21,25,26)(H,22,23,24)/t12-,13-. The number of fused-ring (bicyclic) bond motifs is 1. The van der Waals surface area contributed by atoms with Crippen LogP contribution in [0.15, 0.2) is 41.3 Å². The fraction of sp³-hybridized carbons (Fsp3) is 0.333. The molecule has 0 atom stereocenters. The van der Waals surface area contributed by atoms with Crippen molar-refractivity contribution in [2.24, 2.45) is 5.73 Å². The number of hydrogen-bond acceptors (Lipinski definition) is 7. The number of halogens is 1. The Kier molecular flexibility index (Phi) is 4.94. The predicted molar refractivity (Wildman–Crippen MR) is 106 cm³/mol. The fourth-order valence-electron chi connectivity index (χ4n) is 3.16. The smallest absolute Gasteiger partial charge is 0.223 e. The summed E-state index contributed by atoms with van der Waals surface area (Å²) in [6, 6.07) is 8.58. The molecule has 4 rings (SSSR count). The lowest BCUT2D eigenvalue weighted by Gasteiger charge is -2.26. The second-order valence-corrected chi connectivity index (χ2v) is 7.46. The minimum absolute atomic E-state index is 0.319. The summed E-state index contributed by atoms with van der Waals surface area (Å²) >= 11 is 3.48. The summed E-state index contributed by atoms with van der Waals surface area (Å²) in [7, 11) is 0. The maximum absolute atomic E-state index is 5.98. The largest absolute Gasteiger partial charge is 0.351 e. The van der Waals surface area contributed by atoms with E-state index >= 15 is 0 Å². The van der Waals surface area contributed by atoms with Gasteiger partial charge in [-0.25, -0.2) is 19.9 Å². The van der Waals surface area contributed by atoms with Crippen molar-refractivity contribution in [2.75, 3.05) is 10.6 Å². The maximum Gasteiger partial charge on any atom is 0.223 e. The Morgan fingerprint density at radius 1 is 1.08 bits per heavy atom. The molecule has 0 amide bonds. The molecular formula is C18H20BrN7. The highest BCUT2D eigenvalue weighted by Gasteiger charge is 2.19. The van der Waals surface area contributed by atoms with Crippen LogP contribution >= 0.6 is 15.9 Å². The Balaban J connectivity index is 1.60. The van der Waals surface area contributed by atoms with Gasteiger partial charge in [-0.3, -0.25) is 0 Å². The van der Waals surface area contributed by atoms with Crippen molar-refractivity contribution < 1.29 is 0 Å². The zero-order valence-corrected chi connectivity index (χ0v) is 15.8. The molecule has 1 aliphatic rings. The Morgan fingerprint density at radius 2 is 1.92 bits per heavy atom. The summed E-state index contributed by atoms with van der Waals surface area (Å²) in [6.45, 7) is 0. The van der Waals surface area contributed by atoms with Gasteiger partial charge in [0.1, 0.15) is 17.4 Å². The Labute approximate surface area is 160 Å². The molecule has 8 heteroatoms. The minimum atomic E-state index is 0.319. The van der Waals surface area contributed by atoms with Gasteiger partial charge in [-0.15, -0.1) is 0 Å². The molecule has 1 saturated carbocycles. The first kappa shape index (κ1) is 17.1. The van der Waals surface area contributed by atoms with E-state index < -0.39 is 0 Å². The average molecular weight is 414 g/mol. The van der Waals surface area contributed by atoms with Gasteiger partial charge in [-0.2, -0.15) is 0 Å². The molecule has 0 spiro atoms. The van der Waals surface area contributed by atoms with Crippen LogP contribution in [0.1, 0.15) is 25.7 Å². The molecule has 134 valence electrons. The molecule has 2 heterocycles. The summed E-state index contributed by atoms with van der Waals surface area (Å²) in [6.07, 6.45) is 7.39. The molecule has 0 bridgehead atoms. The van der Waals surface area contributed by atoms with Gasteiger partial charge in [0.25, 0.3) is 0 Å². The van der Waals surface area contributed by atoms with Gasteiger partial charge in [0.15, 0.2) is 5.82 Å². The van der Waals surface area contributed by atoms with Crippen LogP contribution in [-0.2, 0) is 0 Å². The first-order valence-corrected chi connectivity index (χ1v) is 9.49. The number of rotatable bonds is 4. The molecule has 0 radical (unpaired) electrons. The van der Waals surface area contributed by atoms with Crippen molar-refractivity contribution in [1.29, 1.82) is 0 Å². The van der Waals surface area contributed by atoms with Crippen molar-refractivity contribution >= 4 is 44.4 Å². The van der Waals surface area contributed by atoms with Gasteiger partial charge in [-0.05, 0) is 43.9 Å². The molecule has 1 aromatic carbocycles. The van der Waals surface area contributed by atoms with E-state index in [0.717, 1.165) is 35.8 Å². The summed E-state index contributed by atoms with van der Waals surface area (Å²) in [5, 5.41) is 6.73. The first-order chi connectivity index (χ1) is 12.7. The van der Waals surface area contributed by atoms with E-state index in [9.17, 15) is 0 Å². The third kappa shape index (κ3) is 3.91. The van der Waals surface area contributed by atoms with Gasteiger partial charge < -0.3 is 16.4 Å². The monoisotopic (exact) mass is 413 g/mol. The van der Waals surface area contributed by atoms with Crippen molar-refractivity contribution in [2.45, 2.75) is 37.8 Å². The Morgan fingerprint density at radius 3 is 2.73 bits per heavy atom. The average Bonchev–Trinajstić information content (AvgIpc) is 2.64. The summed E-state index contributed by atoms with van der Waals surface area (Å²) in [5.41, 5.74) is 8.30. The molecule has 0 unspecified atom stereocenters. The van der Waals surface area contributed by atoms with Crippen molar-refractivity contribution in [3.63, 3.8) is 0 Å². The SMILES string of the molecule is N[C@H]1CC[C@H](Nc2ncc3ncnc(Nc4cccc(Br)c4)c3n2)CC1. The summed E-state index contributed by atoms with van der Waals surface area (Å²) in [4.78, 5) is 17.7. The van der Waals surface area contributed by atoms with Crippen LogP contribution in [0.4, 0.5) is 17.5 Å². The molecule has 1 fully saturated rings. The number of anilines is 3. The van der Waals surface area contributed by atoms with Gasteiger partial charge in [0.2, 0.25) is 5.95 Å². The van der Waals surface area contributed by atoms with Crippen LogP contribution in [0.5, 0.6) is 0 Å². The number of nitrogens with one attached hydrogen (secondary N) is 2. The quantitative estimate of drug-likeness (QED) is 0.600. The molecule has 1 aliphatic carbocycles. The molecule has 0 saturated heterocycles. The van der Waals surface area contributed by atoms with E-state index in [1.807, 2.05) is 24.3 Å². The van der Waals surface area contributed by atoms with Gasteiger partial charge >= 0.3 is 0 Å². The van der Waals surface area contributed by atoms with Gasteiger partial charge in [0.05, 0.1) is 6.20 Å². The second-order valence-electron chi connectivity index (χ2n) is 6.54. The molecular weight excluding hydrogens is 394 g/mol. The second kappa shape index (κ2) is 7.51. The van der Waals surface area contributed by atoms with Crippen LogP contribution in [0.3, 0.4) is 0 Å². The zero-order chi connectivity index (χ0) is 17.9. The van der Waals surface area contributed by atoms with Crippen molar-refractivity contribution in [1.82, 2.24) is 19.9 Å². The number of aromatic nitrogens is 4. The lowest BCUT2D eigenvalue weighted by molar-refractivity contribution is 0.410. The molecule has 2 aromatic heterocycles. The molecule has 26 heavy (non-hydrogen) atoms. The molecule has 0 aliphatic heterocycles. The van der Waals surface area contributed by atoms with Crippen LogP contribution in [0, 0.1) is 0 Å². The third-order valence-electron chi connectivity index (χ3n) is 4.57. The fourth-order valence-corrected chi connectivity index (χ4v) is 3.56. The number of benzene rings is 1. The van der Waals surface area contributed by atoms with Crippen LogP contribution < -0.4 is 16.4 Å². The minimum Gasteiger partial charge on any atom is -0.351 e. The zero-order valence-electron chi connectivity index (χ0n) is 14.2. The molecule has 7 nitrogen and oxygen atoms in total. The predicted octanol–water partition coefficient (Wildman–Crippen LogP) is 3.61. The van der Waals surface area contributed by atoms with E-state index in [1.54, 1.807) is 6.20 Å². The summed E-state index contributed by atoms with van der Waals surface area (Å²) in [5.74, 6) is 1.26. The summed E-state index contributed by atoms with van der Waals surface area (Å²) < 4.78 is 0.994. The van der Waals surface area contributed by atoms with E-state index in [0.29, 0.717) is 34.9 Å². The number of nitrogens with zero attached hydrogens (tertiary/aromatic N) is 4. The number of hydrogen-bond donors (Lipinski definition) is 3. The Bertz CT molecular complexity index is 909. The van der Waals surface area contributed by atoms with Gasteiger partial charge in [0, 0.05) is 22.2 Å². The maximum atomic E-state index is 5.98. The van der Waals surface area contributed by atoms with Crippen LogP contribution in [0.2, 0.25) is 0 Å². The van der Waals surface area contributed by atoms with Crippen molar-refractivity contribution in [3.05, 3.63) is 41.3 Å². The van der Waals surface area contributed by atoms with Crippen LogP contribution in [-0.4, -0.2) is 32.0 Å². The number of nitrogens with two attached hydrogens (primary N) is 1. The first-order valence-electron chi connectivity index (χ1n) is 8.70. The normalized spacial score (nSPS) is 20.1. The highest BCUT2D eigenvalue weighted by atomic mass is 79.9. The van der Waals surface area contributed by atoms with E-state index in [1.165, 1.54) is 6.33 Å². The topological polar surface area (TPSA) is 102 Å². The van der Waals surface area contributed by atoms with Gasteiger partial charge in [-0.1, -0.05) is 22.0 Å². The van der Waals surface area contributed by atoms with E-state index in [4.69, 9.17) is 5.73 Å².